The molecule has 2 aliphatic rings. The lowest BCUT2D eigenvalue weighted by Crippen LogP contribution is -2.41. The van der Waals surface area contributed by atoms with Crippen LogP contribution in [-0.4, -0.2) is 55.6 Å². The molecule has 0 aliphatic carbocycles. The molecule has 0 bridgehead atoms. The third-order valence-electron chi connectivity index (χ3n) is 5.57. The molecule has 2 aliphatic heterocycles. The fourth-order valence-corrected chi connectivity index (χ4v) is 5.46. The Balaban J connectivity index is 1.51. The first-order chi connectivity index (χ1) is 14.8. The molecule has 2 aromatic rings. The number of fused-ring (bicyclic) bond motifs is 1. The molecule has 1 fully saturated rings. The number of anilines is 1. The molecule has 2 heterocycles. The Hall–Kier alpha value is -2.85. The molecule has 2 aromatic carbocycles. The Kier molecular flexibility index (Phi) is 5.76. The van der Waals surface area contributed by atoms with Gasteiger partial charge in [0.1, 0.15) is 11.6 Å². The van der Waals surface area contributed by atoms with Gasteiger partial charge in [-0.05, 0) is 48.4 Å². The lowest BCUT2D eigenvalue weighted by Gasteiger charge is -2.30. The van der Waals surface area contributed by atoms with Gasteiger partial charge in [-0.1, -0.05) is 6.07 Å². The van der Waals surface area contributed by atoms with Crippen LogP contribution >= 0.6 is 0 Å². The number of sulfonamides is 1. The zero-order valence-electron chi connectivity index (χ0n) is 16.6. The maximum Gasteiger partial charge on any atom is 0.243 e. The summed E-state index contributed by atoms with van der Waals surface area (Å²) in [5.41, 5.74) is 0.830. The second-order valence-corrected chi connectivity index (χ2v) is 9.51. The van der Waals surface area contributed by atoms with Crippen molar-refractivity contribution < 1.29 is 26.8 Å². The average Bonchev–Trinajstić information content (AvgIpc) is 2.99. The summed E-state index contributed by atoms with van der Waals surface area (Å²) in [5.74, 6) is -2.44. The molecule has 0 aromatic heterocycles. The summed E-state index contributed by atoms with van der Waals surface area (Å²) in [6.07, 6.45) is 0.368. The number of carbonyl (C=O) groups excluding carboxylic acids is 2. The van der Waals surface area contributed by atoms with Crippen molar-refractivity contribution in [1.82, 2.24) is 9.21 Å². The van der Waals surface area contributed by atoms with Crippen LogP contribution in [-0.2, 0) is 19.6 Å². The van der Waals surface area contributed by atoms with E-state index in [9.17, 15) is 26.8 Å². The Labute approximate surface area is 178 Å². The van der Waals surface area contributed by atoms with E-state index >= 15 is 0 Å². The van der Waals surface area contributed by atoms with Crippen LogP contribution < -0.4 is 5.32 Å². The average molecular weight is 449 g/mol. The predicted molar refractivity (Wildman–Crippen MR) is 109 cm³/mol. The number of nitrogens with one attached hydrogen (secondary N) is 1. The van der Waals surface area contributed by atoms with Crippen molar-refractivity contribution in [3.8, 4) is 0 Å². The molecule has 10 heteroatoms. The number of hydrogen-bond donors (Lipinski definition) is 1. The zero-order valence-corrected chi connectivity index (χ0v) is 17.4. The molecule has 4 rings (SSSR count). The van der Waals surface area contributed by atoms with E-state index in [2.05, 4.69) is 5.32 Å². The Morgan fingerprint density at radius 1 is 0.968 bits per heavy atom. The Bertz CT molecular complexity index is 1120. The van der Waals surface area contributed by atoms with Gasteiger partial charge in [0.2, 0.25) is 21.8 Å². The van der Waals surface area contributed by atoms with E-state index in [-0.39, 0.29) is 48.5 Å². The van der Waals surface area contributed by atoms with Crippen LogP contribution in [0.1, 0.15) is 24.3 Å². The number of amides is 2. The maximum absolute atomic E-state index is 13.5. The highest BCUT2D eigenvalue weighted by Crippen LogP contribution is 2.34. The molecule has 0 unspecified atom stereocenters. The van der Waals surface area contributed by atoms with Gasteiger partial charge in [-0.3, -0.25) is 9.59 Å². The van der Waals surface area contributed by atoms with Gasteiger partial charge in [0, 0.05) is 38.3 Å². The van der Waals surface area contributed by atoms with Crippen LogP contribution in [0.3, 0.4) is 0 Å². The summed E-state index contributed by atoms with van der Waals surface area (Å²) in [4.78, 5) is 26.8. The smallest absolute Gasteiger partial charge is 0.243 e. The summed E-state index contributed by atoms with van der Waals surface area (Å²) >= 11 is 0. The van der Waals surface area contributed by atoms with Crippen LogP contribution in [0.2, 0.25) is 0 Å². The molecule has 0 saturated carbocycles. The maximum atomic E-state index is 13.5. The standard InChI is InChI=1S/C21H21F2N3O4S/c22-14-2-5-16(6-3-14)31(29,30)26-9-1-8-25(10-11-26)21(28)18-13-20(27)24-19-12-15(23)4-7-17(18)19/h2-7,12,18H,1,8-11,13H2,(H,24,27)/t18-/m1/s1. The molecular formula is C21H21F2N3O4S. The number of rotatable bonds is 3. The minimum atomic E-state index is -3.82. The van der Waals surface area contributed by atoms with Gasteiger partial charge in [0.25, 0.3) is 0 Å². The van der Waals surface area contributed by atoms with Crippen molar-refractivity contribution in [3.05, 3.63) is 59.7 Å². The van der Waals surface area contributed by atoms with Gasteiger partial charge in [0.05, 0.1) is 10.8 Å². The molecule has 1 saturated heterocycles. The summed E-state index contributed by atoms with van der Waals surface area (Å²) in [7, 11) is -3.82. The van der Waals surface area contributed by atoms with Gasteiger partial charge < -0.3 is 10.2 Å². The summed E-state index contributed by atoms with van der Waals surface area (Å²) in [5, 5.41) is 2.59. The highest BCUT2D eigenvalue weighted by molar-refractivity contribution is 7.89. The molecule has 1 N–H and O–H groups in total. The Morgan fingerprint density at radius 2 is 1.68 bits per heavy atom. The minimum absolute atomic E-state index is 0.00594. The molecule has 1 atom stereocenters. The third kappa shape index (κ3) is 4.31. The number of nitrogens with zero attached hydrogens (tertiary/aromatic N) is 2. The first-order valence-electron chi connectivity index (χ1n) is 9.89. The van der Waals surface area contributed by atoms with Crippen molar-refractivity contribution >= 4 is 27.5 Å². The monoisotopic (exact) mass is 449 g/mol. The quantitative estimate of drug-likeness (QED) is 0.779. The first kappa shape index (κ1) is 21.4. The highest BCUT2D eigenvalue weighted by atomic mass is 32.2. The summed E-state index contributed by atoms with van der Waals surface area (Å²) < 4.78 is 53.7. The molecule has 7 nitrogen and oxygen atoms in total. The fourth-order valence-electron chi connectivity index (χ4n) is 3.99. The molecule has 31 heavy (non-hydrogen) atoms. The van der Waals surface area contributed by atoms with E-state index < -0.39 is 27.6 Å². The van der Waals surface area contributed by atoms with Crippen LogP contribution in [0.25, 0.3) is 0 Å². The van der Waals surface area contributed by atoms with E-state index in [0.29, 0.717) is 18.5 Å². The lowest BCUT2D eigenvalue weighted by atomic mass is 9.89. The Morgan fingerprint density at radius 3 is 2.42 bits per heavy atom. The molecule has 0 spiro atoms. The number of hydrogen-bond acceptors (Lipinski definition) is 4. The van der Waals surface area contributed by atoms with E-state index in [4.69, 9.17) is 0 Å². The molecular weight excluding hydrogens is 428 g/mol. The van der Waals surface area contributed by atoms with Crippen molar-refractivity contribution in [3.63, 3.8) is 0 Å². The minimum Gasteiger partial charge on any atom is -0.341 e. The SMILES string of the molecule is O=C1C[C@@H](C(=O)N2CCCN(S(=O)(=O)c3ccc(F)cc3)CC2)c2ccc(F)cc2N1. The molecule has 0 radical (unpaired) electrons. The van der Waals surface area contributed by atoms with Gasteiger partial charge in [0.15, 0.2) is 0 Å². The highest BCUT2D eigenvalue weighted by Gasteiger charge is 2.35. The first-order valence-corrected chi connectivity index (χ1v) is 11.3. The van der Waals surface area contributed by atoms with Crippen molar-refractivity contribution in [2.75, 3.05) is 31.5 Å². The van der Waals surface area contributed by atoms with Crippen LogP contribution in [0.5, 0.6) is 0 Å². The second kappa shape index (κ2) is 8.35. The molecule has 164 valence electrons. The fraction of sp³-hybridized carbons (Fsp3) is 0.333. The number of halogens is 2. The third-order valence-corrected chi connectivity index (χ3v) is 7.48. The van der Waals surface area contributed by atoms with Gasteiger partial charge in [-0.15, -0.1) is 0 Å². The molecule has 2 amide bonds. The van der Waals surface area contributed by atoms with E-state index in [1.165, 1.54) is 34.6 Å². The number of carbonyl (C=O) groups is 2. The van der Waals surface area contributed by atoms with Gasteiger partial charge in [-0.2, -0.15) is 4.31 Å². The van der Waals surface area contributed by atoms with Crippen LogP contribution in [0.4, 0.5) is 14.5 Å². The van der Waals surface area contributed by atoms with Crippen LogP contribution in [0, 0.1) is 11.6 Å². The largest absolute Gasteiger partial charge is 0.341 e. The normalized spacial score (nSPS) is 20.0. The summed E-state index contributed by atoms with van der Waals surface area (Å²) in [6.45, 7) is 0.800. The lowest BCUT2D eigenvalue weighted by molar-refractivity contribution is -0.134. The topological polar surface area (TPSA) is 86.8 Å². The van der Waals surface area contributed by atoms with Crippen LogP contribution in [0.15, 0.2) is 47.4 Å². The summed E-state index contributed by atoms with van der Waals surface area (Å²) in [6, 6.07) is 8.55. The van der Waals surface area contributed by atoms with Crippen molar-refractivity contribution in [2.45, 2.75) is 23.7 Å². The van der Waals surface area contributed by atoms with Gasteiger partial charge in [-0.25, -0.2) is 17.2 Å². The predicted octanol–water partition coefficient (Wildman–Crippen LogP) is 2.31. The number of benzene rings is 2. The van der Waals surface area contributed by atoms with E-state index in [1.807, 2.05) is 0 Å². The second-order valence-electron chi connectivity index (χ2n) is 7.57. The zero-order chi connectivity index (χ0) is 22.2. The van der Waals surface area contributed by atoms with E-state index in [1.54, 1.807) is 4.90 Å². The van der Waals surface area contributed by atoms with E-state index in [0.717, 1.165) is 12.1 Å². The van der Waals surface area contributed by atoms with Gasteiger partial charge >= 0.3 is 0 Å². The van der Waals surface area contributed by atoms with Crippen molar-refractivity contribution in [1.29, 1.82) is 0 Å². The van der Waals surface area contributed by atoms with Crippen molar-refractivity contribution in [2.24, 2.45) is 0 Å².